The topological polar surface area (TPSA) is 42.5 Å². The molecule has 0 unspecified atom stereocenters. The molecule has 2 aromatic carbocycles. The van der Waals surface area contributed by atoms with Crippen LogP contribution in [0.2, 0.25) is 0 Å². The first-order chi connectivity index (χ1) is 12.1. The van der Waals surface area contributed by atoms with Crippen molar-refractivity contribution >= 4 is 27.5 Å². The predicted octanol–water partition coefficient (Wildman–Crippen LogP) is 4.65. The van der Waals surface area contributed by atoms with Crippen LogP contribution in [0.25, 0.3) is 21.8 Å². The molecule has 4 aromatic rings. The number of rotatable bonds is 3. The van der Waals surface area contributed by atoms with Crippen LogP contribution in [0, 0.1) is 0 Å². The van der Waals surface area contributed by atoms with Crippen LogP contribution in [0.15, 0.2) is 66.1 Å². The van der Waals surface area contributed by atoms with E-state index in [9.17, 15) is 5.21 Å². The summed E-state index contributed by atoms with van der Waals surface area (Å²) < 4.78 is 4.26. The monoisotopic (exact) mass is 331 g/mol. The number of hydrogen-bond acceptors (Lipinski definition) is 2. The summed E-state index contributed by atoms with van der Waals surface area (Å²) in [6.45, 7) is 1.88. The first kappa shape index (κ1) is 15.5. The number of nitrogens with zero attached hydrogens (tertiary/aromatic N) is 3. The first-order valence-electron chi connectivity index (χ1n) is 8.38. The van der Waals surface area contributed by atoms with Crippen molar-refractivity contribution in [1.82, 2.24) is 9.13 Å². The summed E-state index contributed by atoms with van der Waals surface area (Å²) in [5.74, 6) is -0.0952. The molecule has 2 aromatic heterocycles. The maximum Gasteiger partial charge on any atom is 0.0660 e. The fraction of sp³-hybridized carbons (Fsp3) is 0.190. The maximum atomic E-state index is 9.56. The number of benzene rings is 2. The van der Waals surface area contributed by atoms with Gasteiger partial charge in [-0.25, -0.2) is 0 Å². The molecule has 0 spiro atoms. The molecule has 0 aliphatic heterocycles. The summed E-state index contributed by atoms with van der Waals surface area (Å²) in [7, 11) is 4.11. The number of fused-ring (bicyclic) bond motifs is 2. The molecule has 0 saturated heterocycles. The lowest BCUT2D eigenvalue weighted by Crippen LogP contribution is -2.10. The lowest BCUT2D eigenvalue weighted by atomic mass is 9.87. The van der Waals surface area contributed by atoms with Crippen LogP contribution in [-0.2, 0) is 14.1 Å². The van der Waals surface area contributed by atoms with Gasteiger partial charge in [0, 0.05) is 48.3 Å². The van der Waals surface area contributed by atoms with Crippen molar-refractivity contribution in [2.24, 2.45) is 19.3 Å². The van der Waals surface area contributed by atoms with E-state index in [4.69, 9.17) is 0 Å². The van der Waals surface area contributed by atoms with Crippen molar-refractivity contribution in [3.05, 3.63) is 72.1 Å². The lowest BCUT2D eigenvalue weighted by molar-refractivity contribution is 0.317. The SMILES string of the molecule is C/C(=N\O)C(c1cn(C)c2ccccc12)c1cn(C)c2ccccc12. The van der Waals surface area contributed by atoms with Crippen LogP contribution >= 0.6 is 0 Å². The number of aromatic nitrogens is 2. The largest absolute Gasteiger partial charge is 0.411 e. The second-order valence-electron chi connectivity index (χ2n) is 6.60. The third kappa shape index (κ3) is 2.33. The Morgan fingerprint density at radius 3 is 1.72 bits per heavy atom. The third-order valence-electron chi connectivity index (χ3n) is 5.05. The minimum atomic E-state index is -0.0952. The van der Waals surface area contributed by atoms with Crippen molar-refractivity contribution in [3.8, 4) is 0 Å². The standard InChI is InChI=1S/C21H21N3O/c1-14(22-25)21(17-12-23(2)19-10-6-4-8-15(17)19)18-13-24(3)20-11-7-5-9-16(18)20/h4-13,21,25H,1-3H3/b22-14+. The Labute approximate surface area is 146 Å². The smallest absolute Gasteiger partial charge is 0.0660 e. The lowest BCUT2D eigenvalue weighted by Gasteiger charge is -2.15. The Bertz CT molecular complexity index is 1020. The Balaban J connectivity index is 2.04. The van der Waals surface area contributed by atoms with Crippen LogP contribution in [-0.4, -0.2) is 20.1 Å². The molecule has 25 heavy (non-hydrogen) atoms. The van der Waals surface area contributed by atoms with Gasteiger partial charge in [0.1, 0.15) is 0 Å². The molecule has 0 atom stereocenters. The molecule has 4 nitrogen and oxygen atoms in total. The number of oxime groups is 1. The third-order valence-corrected chi connectivity index (χ3v) is 5.05. The van der Waals surface area contributed by atoms with Crippen LogP contribution in [0.3, 0.4) is 0 Å². The van der Waals surface area contributed by atoms with E-state index in [0.29, 0.717) is 5.71 Å². The molecule has 0 saturated carbocycles. The summed E-state index contributed by atoms with van der Waals surface area (Å²) in [5.41, 5.74) is 5.35. The van der Waals surface area contributed by atoms with Gasteiger partial charge < -0.3 is 14.3 Å². The van der Waals surface area contributed by atoms with Crippen molar-refractivity contribution < 1.29 is 5.21 Å². The zero-order chi connectivity index (χ0) is 17.6. The van der Waals surface area contributed by atoms with Gasteiger partial charge in [0.25, 0.3) is 0 Å². The van der Waals surface area contributed by atoms with Crippen molar-refractivity contribution in [2.75, 3.05) is 0 Å². The Kier molecular flexibility index (Phi) is 3.61. The summed E-state index contributed by atoms with van der Waals surface area (Å²) in [6, 6.07) is 16.7. The Morgan fingerprint density at radius 1 is 0.840 bits per heavy atom. The fourth-order valence-electron chi connectivity index (χ4n) is 3.88. The van der Waals surface area contributed by atoms with E-state index in [0.717, 1.165) is 11.1 Å². The normalized spacial score (nSPS) is 12.6. The molecule has 4 heteroatoms. The summed E-state index contributed by atoms with van der Waals surface area (Å²) in [4.78, 5) is 0. The molecule has 0 bridgehead atoms. The molecule has 0 fully saturated rings. The highest BCUT2D eigenvalue weighted by Crippen LogP contribution is 2.37. The predicted molar refractivity (Wildman–Crippen MR) is 103 cm³/mol. The average Bonchev–Trinajstić information content (AvgIpc) is 3.14. The molecular weight excluding hydrogens is 310 g/mol. The van der Waals surface area contributed by atoms with Gasteiger partial charge in [-0.2, -0.15) is 0 Å². The molecule has 0 amide bonds. The van der Waals surface area contributed by atoms with E-state index in [1.54, 1.807) is 0 Å². The highest BCUT2D eigenvalue weighted by atomic mass is 16.4. The average molecular weight is 331 g/mol. The van der Waals surface area contributed by atoms with Crippen molar-refractivity contribution in [2.45, 2.75) is 12.8 Å². The zero-order valence-electron chi connectivity index (χ0n) is 14.6. The molecular formula is C21H21N3O. The highest BCUT2D eigenvalue weighted by Gasteiger charge is 2.25. The van der Waals surface area contributed by atoms with E-state index in [1.165, 1.54) is 21.8 Å². The Hall–Kier alpha value is -3.01. The van der Waals surface area contributed by atoms with Crippen molar-refractivity contribution in [3.63, 3.8) is 0 Å². The van der Waals surface area contributed by atoms with Crippen LogP contribution < -0.4 is 0 Å². The van der Waals surface area contributed by atoms with Crippen molar-refractivity contribution in [1.29, 1.82) is 0 Å². The summed E-state index contributed by atoms with van der Waals surface area (Å²) >= 11 is 0. The molecule has 0 aliphatic carbocycles. The molecule has 126 valence electrons. The highest BCUT2D eigenvalue weighted by molar-refractivity contribution is 6.00. The Morgan fingerprint density at radius 2 is 1.28 bits per heavy atom. The second-order valence-corrected chi connectivity index (χ2v) is 6.60. The quantitative estimate of drug-likeness (QED) is 0.331. The summed E-state index contributed by atoms with van der Waals surface area (Å²) in [5, 5.41) is 15.5. The van der Waals surface area contributed by atoms with E-state index in [2.05, 4.69) is 77.2 Å². The van der Waals surface area contributed by atoms with Gasteiger partial charge in [0.2, 0.25) is 0 Å². The van der Waals surface area contributed by atoms with Gasteiger partial charge in [0.15, 0.2) is 0 Å². The number of para-hydroxylation sites is 2. The number of hydrogen-bond donors (Lipinski definition) is 1. The summed E-state index contributed by atoms with van der Waals surface area (Å²) in [6.07, 6.45) is 4.29. The van der Waals surface area contributed by atoms with E-state index in [1.807, 2.05) is 19.1 Å². The van der Waals surface area contributed by atoms with Crippen LogP contribution in [0.5, 0.6) is 0 Å². The second kappa shape index (κ2) is 5.81. The maximum absolute atomic E-state index is 9.56. The minimum Gasteiger partial charge on any atom is -0.411 e. The van der Waals surface area contributed by atoms with Crippen LogP contribution in [0.1, 0.15) is 24.0 Å². The van der Waals surface area contributed by atoms with E-state index < -0.39 is 0 Å². The first-order valence-corrected chi connectivity index (χ1v) is 8.38. The van der Waals surface area contributed by atoms with Gasteiger partial charge in [-0.3, -0.25) is 0 Å². The molecule has 0 aliphatic rings. The zero-order valence-corrected chi connectivity index (χ0v) is 14.6. The molecule has 2 heterocycles. The van der Waals surface area contributed by atoms with Gasteiger partial charge >= 0.3 is 0 Å². The molecule has 4 rings (SSSR count). The van der Waals surface area contributed by atoms with E-state index in [-0.39, 0.29) is 5.92 Å². The van der Waals surface area contributed by atoms with Crippen LogP contribution in [0.4, 0.5) is 0 Å². The van der Waals surface area contributed by atoms with Gasteiger partial charge in [-0.1, -0.05) is 41.6 Å². The fourth-order valence-corrected chi connectivity index (χ4v) is 3.88. The molecule has 0 radical (unpaired) electrons. The minimum absolute atomic E-state index is 0.0952. The van der Waals surface area contributed by atoms with Gasteiger partial charge in [0.05, 0.1) is 11.6 Å². The van der Waals surface area contributed by atoms with Gasteiger partial charge in [-0.15, -0.1) is 0 Å². The molecule has 1 N–H and O–H groups in total. The van der Waals surface area contributed by atoms with Gasteiger partial charge in [-0.05, 0) is 30.2 Å². The van der Waals surface area contributed by atoms with E-state index >= 15 is 0 Å². The number of aryl methyl sites for hydroxylation is 2.